The van der Waals surface area contributed by atoms with Gasteiger partial charge in [0.15, 0.2) is 0 Å². The molecule has 4 rings (SSSR count). The Morgan fingerprint density at radius 2 is 1.90 bits per heavy atom. The van der Waals surface area contributed by atoms with Gasteiger partial charge in [-0.05, 0) is 38.0 Å². The molecule has 3 heterocycles. The first-order valence-electron chi connectivity index (χ1n) is 11.7. The summed E-state index contributed by atoms with van der Waals surface area (Å²) >= 11 is 0. The second-order valence-electron chi connectivity index (χ2n) is 10.5. The van der Waals surface area contributed by atoms with Gasteiger partial charge in [-0.3, -0.25) is 4.79 Å². The Labute approximate surface area is 178 Å². The van der Waals surface area contributed by atoms with Gasteiger partial charge in [-0.1, -0.05) is 40.0 Å². The number of halogens is 2. The number of nitrogens with one attached hydrogen (secondary N) is 1. The molecular weight excluding hydrogens is 386 g/mol. The molecule has 1 aliphatic carbocycles. The average Bonchev–Trinajstić information content (AvgIpc) is 3.18. The lowest BCUT2D eigenvalue weighted by Gasteiger charge is -2.42. The summed E-state index contributed by atoms with van der Waals surface area (Å²) in [4.78, 5) is 15.1. The number of piperidine rings is 1. The van der Waals surface area contributed by atoms with Crippen LogP contribution in [0.4, 0.5) is 14.6 Å². The number of carbonyl (C=O) groups is 1. The molecule has 1 saturated carbocycles. The molecule has 1 aromatic rings. The minimum Gasteiger partial charge on any atom is -0.367 e. The van der Waals surface area contributed by atoms with Crippen LogP contribution >= 0.6 is 0 Å². The van der Waals surface area contributed by atoms with E-state index in [0.717, 1.165) is 50.8 Å². The van der Waals surface area contributed by atoms with E-state index >= 15 is 0 Å². The van der Waals surface area contributed by atoms with E-state index in [9.17, 15) is 13.6 Å². The highest BCUT2D eigenvalue weighted by Crippen LogP contribution is 2.38. The monoisotopic (exact) mass is 422 g/mol. The summed E-state index contributed by atoms with van der Waals surface area (Å²) < 4.78 is 29.4. The molecule has 30 heavy (non-hydrogen) atoms. The lowest BCUT2D eigenvalue weighted by atomic mass is 9.84. The topological polar surface area (TPSA) is 50.2 Å². The number of alkyl halides is 2. The van der Waals surface area contributed by atoms with Gasteiger partial charge in [0, 0.05) is 36.5 Å². The molecule has 2 fully saturated rings. The largest absolute Gasteiger partial charge is 0.367 e. The molecule has 1 N–H and O–H groups in total. The molecule has 0 radical (unpaired) electrons. The quantitative estimate of drug-likeness (QED) is 0.747. The number of hydrogen-bond acceptors (Lipinski definition) is 3. The second-order valence-corrected chi connectivity index (χ2v) is 10.5. The van der Waals surface area contributed by atoms with Crippen LogP contribution < -0.4 is 5.32 Å². The van der Waals surface area contributed by atoms with Crippen LogP contribution in [0.3, 0.4) is 0 Å². The molecule has 5 nitrogen and oxygen atoms in total. The van der Waals surface area contributed by atoms with Crippen molar-refractivity contribution in [2.24, 2.45) is 11.8 Å². The van der Waals surface area contributed by atoms with E-state index in [1.54, 1.807) is 0 Å². The zero-order valence-electron chi connectivity index (χ0n) is 18.5. The van der Waals surface area contributed by atoms with Gasteiger partial charge in [-0.25, -0.2) is 13.5 Å². The van der Waals surface area contributed by atoms with Crippen molar-refractivity contribution in [3.8, 4) is 0 Å². The predicted octanol–water partition coefficient (Wildman–Crippen LogP) is 4.99. The van der Waals surface area contributed by atoms with E-state index in [1.165, 1.54) is 11.1 Å². The fraction of sp³-hybridized carbons (Fsp3) is 0.826. The van der Waals surface area contributed by atoms with Crippen molar-refractivity contribution >= 4 is 11.7 Å². The maximum atomic E-state index is 13.9. The number of amides is 1. The van der Waals surface area contributed by atoms with Crippen molar-refractivity contribution in [3.63, 3.8) is 0 Å². The van der Waals surface area contributed by atoms with Crippen molar-refractivity contribution in [2.45, 2.75) is 96.1 Å². The summed E-state index contributed by atoms with van der Waals surface area (Å²) in [5.74, 6) is 1.36. The normalized spacial score (nSPS) is 28.3. The summed E-state index contributed by atoms with van der Waals surface area (Å²) in [6, 6.07) is 0.963. The molecule has 0 unspecified atom stereocenters. The van der Waals surface area contributed by atoms with Crippen LogP contribution in [-0.2, 0) is 10.2 Å². The Hall–Kier alpha value is -1.66. The van der Waals surface area contributed by atoms with Gasteiger partial charge in [0.2, 0.25) is 5.91 Å². The SMILES string of the molecule is CC(C)(C)c1cc2n(n1)[C@@H](C(F)F)C[C@@H]([C@H]1CCCN(C(=O)C3CCCCC3)C1)N2. The molecule has 2 aliphatic heterocycles. The Kier molecular flexibility index (Phi) is 6.08. The number of rotatable bonds is 3. The molecule has 7 heteroatoms. The van der Waals surface area contributed by atoms with Crippen LogP contribution in [0.25, 0.3) is 0 Å². The summed E-state index contributed by atoms with van der Waals surface area (Å²) in [5.41, 5.74) is 0.636. The van der Waals surface area contributed by atoms with Gasteiger partial charge < -0.3 is 10.2 Å². The molecule has 0 aromatic carbocycles. The third kappa shape index (κ3) is 4.35. The highest BCUT2D eigenvalue weighted by molar-refractivity contribution is 5.79. The average molecular weight is 423 g/mol. The third-order valence-electron chi connectivity index (χ3n) is 7.23. The number of likely N-dealkylation sites (tertiary alicyclic amines) is 1. The van der Waals surface area contributed by atoms with E-state index < -0.39 is 12.5 Å². The Bertz CT molecular complexity index is 751. The number of anilines is 1. The highest BCUT2D eigenvalue weighted by atomic mass is 19.3. The zero-order chi connectivity index (χ0) is 21.5. The predicted molar refractivity (Wildman–Crippen MR) is 114 cm³/mol. The van der Waals surface area contributed by atoms with Gasteiger partial charge in [0.25, 0.3) is 6.43 Å². The molecule has 168 valence electrons. The zero-order valence-corrected chi connectivity index (χ0v) is 18.5. The minimum atomic E-state index is -2.45. The van der Waals surface area contributed by atoms with Gasteiger partial charge in [-0.15, -0.1) is 0 Å². The number of carbonyl (C=O) groups excluding carboxylic acids is 1. The number of nitrogens with zero attached hydrogens (tertiary/aromatic N) is 3. The van der Waals surface area contributed by atoms with Crippen LogP contribution in [-0.4, -0.2) is 46.1 Å². The number of fused-ring (bicyclic) bond motifs is 1. The van der Waals surface area contributed by atoms with Crippen molar-refractivity contribution in [1.29, 1.82) is 0 Å². The summed E-state index contributed by atoms with van der Waals surface area (Å²) in [7, 11) is 0. The van der Waals surface area contributed by atoms with Gasteiger partial charge in [0.05, 0.1) is 5.69 Å². The van der Waals surface area contributed by atoms with Crippen molar-refractivity contribution in [3.05, 3.63) is 11.8 Å². The van der Waals surface area contributed by atoms with E-state index in [-0.39, 0.29) is 23.3 Å². The van der Waals surface area contributed by atoms with Crippen LogP contribution in [0.2, 0.25) is 0 Å². The highest BCUT2D eigenvalue weighted by Gasteiger charge is 2.40. The van der Waals surface area contributed by atoms with E-state index in [1.807, 2.05) is 31.7 Å². The van der Waals surface area contributed by atoms with Crippen LogP contribution in [0, 0.1) is 11.8 Å². The molecule has 3 atom stereocenters. The summed E-state index contributed by atoms with van der Waals surface area (Å²) in [5, 5.41) is 8.03. The van der Waals surface area contributed by atoms with Crippen molar-refractivity contribution in [1.82, 2.24) is 14.7 Å². The van der Waals surface area contributed by atoms with Crippen LogP contribution in [0.1, 0.15) is 83.9 Å². The molecule has 1 aromatic heterocycles. The molecule has 0 spiro atoms. The Morgan fingerprint density at radius 1 is 1.17 bits per heavy atom. The number of aromatic nitrogens is 2. The first kappa shape index (κ1) is 21.6. The third-order valence-corrected chi connectivity index (χ3v) is 7.23. The first-order chi connectivity index (χ1) is 14.2. The lowest BCUT2D eigenvalue weighted by molar-refractivity contribution is -0.138. The van der Waals surface area contributed by atoms with E-state index in [0.29, 0.717) is 24.7 Å². The fourth-order valence-corrected chi connectivity index (χ4v) is 5.40. The standard InChI is InChI=1S/C23H36F2N4O/c1-23(2,3)19-13-20-26-17(12-18(21(24)25)29(20)27-19)16-10-7-11-28(14-16)22(30)15-8-5-4-6-9-15/h13,15-18,21,26H,4-12,14H2,1-3H3/t16-,17-,18+/m0/s1. The minimum absolute atomic E-state index is 0.0528. The van der Waals surface area contributed by atoms with Crippen molar-refractivity contribution in [2.75, 3.05) is 18.4 Å². The van der Waals surface area contributed by atoms with E-state index in [4.69, 9.17) is 0 Å². The van der Waals surface area contributed by atoms with Gasteiger partial charge >= 0.3 is 0 Å². The maximum absolute atomic E-state index is 13.9. The smallest absolute Gasteiger partial charge is 0.260 e. The van der Waals surface area contributed by atoms with Gasteiger partial charge in [-0.2, -0.15) is 5.10 Å². The molecule has 3 aliphatic rings. The lowest BCUT2D eigenvalue weighted by Crippen LogP contribution is -2.49. The van der Waals surface area contributed by atoms with Gasteiger partial charge in [0.1, 0.15) is 11.9 Å². The molecule has 1 saturated heterocycles. The molecule has 0 bridgehead atoms. The van der Waals surface area contributed by atoms with Crippen LogP contribution in [0.5, 0.6) is 0 Å². The fourth-order valence-electron chi connectivity index (χ4n) is 5.40. The summed E-state index contributed by atoms with van der Waals surface area (Å²) in [6.07, 6.45) is 5.36. The number of hydrogen-bond donors (Lipinski definition) is 1. The summed E-state index contributed by atoms with van der Waals surface area (Å²) in [6.45, 7) is 7.64. The first-order valence-corrected chi connectivity index (χ1v) is 11.7. The van der Waals surface area contributed by atoms with Crippen LogP contribution in [0.15, 0.2) is 6.07 Å². The molecular formula is C23H36F2N4O. The molecule has 1 amide bonds. The Morgan fingerprint density at radius 3 is 2.57 bits per heavy atom. The second kappa shape index (κ2) is 8.46. The van der Waals surface area contributed by atoms with E-state index in [2.05, 4.69) is 10.4 Å². The maximum Gasteiger partial charge on any atom is 0.260 e. The van der Waals surface area contributed by atoms with Crippen molar-refractivity contribution < 1.29 is 13.6 Å². The Balaban J connectivity index is 1.49.